The Hall–Kier alpha value is -2.86. The van der Waals surface area contributed by atoms with Gasteiger partial charge in [-0.3, -0.25) is 9.69 Å². The zero-order valence-corrected chi connectivity index (χ0v) is 18.2. The molecular formula is C24H26N2O3S. The molecule has 30 heavy (non-hydrogen) atoms. The van der Waals surface area contributed by atoms with Crippen LogP contribution in [0.5, 0.6) is 11.5 Å². The fourth-order valence-corrected chi connectivity index (χ4v) is 4.96. The molecule has 0 atom stereocenters. The Balaban J connectivity index is 1.74. The number of thiazole rings is 1. The number of aryl methyl sites for hydroxylation is 2. The van der Waals surface area contributed by atoms with Gasteiger partial charge in [-0.2, -0.15) is 0 Å². The van der Waals surface area contributed by atoms with Crippen molar-refractivity contribution in [2.45, 2.75) is 39.0 Å². The number of anilines is 2. The third-order valence-corrected chi connectivity index (χ3v) is 6.36. The molecule has 1 aromatic heterocycles. The van der Waals surface area contributed by atoms with Crippen LogP contribution >= 0.6 is 11.3 Å². The highest BCUT2D eigenvalue weighted by Crippen LogP contribution is 2.39. The van der Waals surface area contributed by atoms with Crippen LogP contribution < -0.4 is 14.4 Å². The van der Waals surface area contributed by atoms with E-state index in [1.54, 1.807) is 23.3 Å². The van der Waals surface area contributed by atoms with Gasteiger partial charge in [-0.15, -0.1) is 11.3 Å². The topological polar surface area (TPSA) is 51.7 Å². The molecule has 5 nitrogen and oxygen atoms in total. The lowest BCUT2D eigenvalue weighted by molar-refractivity contribution is -0.117. The van der Waals surface area contributed by atoms with Gasteiger partial charge in [-0.05, 0) is 50.8 Å². The summed E-state index contributed by atoms with van der Waals surface area (Å²) in [5.41, 5.74) is 2.71. The van der Waals surface area contributed by atoms with Crippen LogP contribution in [-0.2, 0) is 24.1 Å². The number of para-hydroxylation sites is 3. The van der Waals surface area contributed by atoms with Crippen molar-refractivity contribution in [1.29, 1.82) is 0 Å². The highest BCUT2D eigenvalue weighted by molar-refractivity contribution is 7.16. The van der Waals surface area contributed by atoms with Crippen LogP contribution in [0.25, 0.3) is 0 Å². The summed E-state index contributed by atoms with van der Waals surface area (Å²) in [6, 6.07) is 15.3. The van der Waals surface area contributed by atoms with Crippen molar-refractivity contribution < 1.29 is 14.3 Å². The Bertz CT molecular complexity index is 1010. The zero-order valence-electron chi connectivity index (χ0n) is 17.4. The summed E-state index contributed by atoms with van der Waals surface area (Å²) in [7, 11) is 1.62. The molecule has 3 aromatic rings. The largest absolute Gasteiger partial charge is 0.495 e. The summed E-state index contributed by atoms with van der Waals surface area (Å²) in [4.78, 5) is 21.5. The number of hydrogen-bond acceptors (Lipinski definition) is 5. The van der Waals surface area contributed by atoms with E-state index in [-0.39, 0.29) is 12.3 Å². The van der Waals surface area contributed by atoms with Gasteiger partial charge in [0.1, 0.15) is 11.5 Å². The van der Waals surface area contributed by atoms with E-state index in [1.807, 2.05) is 55.5 Å². The molecule has 1 amide bonds. The maximum absolute atomic E-state index is 13.6. The van der Waals surface area contributed by atoms with Crippen LogP contribution in [-0.4, -0.2) is 24.6 Å². The van der Waals surface area contributed by atoms with Gasteiger partial charge < -0.3 is 9.47 Å². The van der Waals surface area contributed by atoms with Crippen molar-refractivity contribution in [2.24, 2.45) is 0 Å². The molecule has 0 saturated carbocycles. The van der Waals surface area contributed by atoms with Gasteiger partial charge in [0.15, 0.2) is 5.13 Å². The number of rotatable bonds is 7. The number of hydrogen-bond donors (Lipinski definition) is 0. The van der Waals surface area contributed by atoms with E-state index < -0.39 is 0 Å². The summed E-state index contributed by atoms with van der Waals surface area (Å²) in [5, 5.41) is 0.713. The summed E-state index contributed by atoms with van der Waals surface area (Å²) in [6.07, 6.45) is 4.57. The second kappa shape index (κ2) is 9.30. The second-order valence-electron chi connectivity index (χ2n) is 7.19. The highest BCUT2D eigenvalue weighted by Gasteiger charge is 2.27. The molecule has 1 aliphatic carbocycles. The molecule has 0 aliphatic heterocycles. The Morgan fingerprint density at radius 3 is 2.57 bits per heavy atom. The molecule has 0 N–H and O–H groups in total. The molecular weight excluding hydrogens is 396 g/mol. The maximum atomic E-state index is 13.6. The Morgan fingerprint density at radius 1 is 1.07 bits per heavy atom. The third-order valence-electron chi connectivity index (χ3n) is 5.22. The summed E-state index contributed by atoms with van der Waals surface area (Å²) in [5.74, 6) is 1.33. The molecule has 0 saturated heterocycles. The van der Waals surface area contributed by atoms with Gasteiger partial charge in [0, 0.05) is 10.4 Å². The van der Waals surface area contributed by atoms with E-state index >= 15 is 0 Å². The van der Waals surface area contributed by atoms with Gasteiger partial charge in [0.05, 0.1) is 31.5 Å². The molecule has 1 heterocycles. The molecule has 6 heteroatoms. The van der Waals surface area contributed by atoms with Gasteiger partial charge in [0.25, 0.3) is 0 Å². The van der Waals surface area contributed by atoms with Crippen LogP contribution in [0.15, 0.2) is 48.5 Å². The van der Waals surface area contributed by atoms with Crippen molar-refractivity contribution in [3.8, 4) is 11.5 Å². The minimum atomic E-state index is -0.0576. The third kappa shape index (κ3) is 4.19. The number of nitrogens with zero attached hydrogens (tertiary/aromatic N) is 2. The van der Waals surface area contributed by atoms with Gasteiger partial charge in [-0.25, -0.2) is 4.98 Å². The van der Waals surface area contributed by atoms with Crippen molar-refractivity contribution in [3.05, 3.63) is 64.7 Å². The standard InChI is InChI=1S/C24H26N2O3S/c1-3-29-20-13-7-4-10-17(20)16-23(27)26(19-12-6-8-14-21(19)28-2)24-25-18-11-5-9-15-22(18)30-24/h4,6-8,10,12-14H,3,5,9,11,15-16H2,1-2H3. The number of aromatic nitrogens is 1. The van der Waals surface area contributed by atoms with Crippen LogP contribution in [0.1, 0.15) is 35.9 Å². The fraction of sp³-hybridized carbons (Fsp3) is 0.333. The SMILES string of the molecule is CCOc1ccccc1CC(=O)N(c1nc2c(s1)CCCC2)c1ccccc1OC. The molecule has 4 rings (SSSR count). The van der Waals surface area contributed by atoms with Crippen LogP contribution in [0, 0.1) is 0 Å². The van der Waals surface area contributed by atoms with Crippen molar-refractivity contribution in [2.75, 3.05) is 18.6 Å². The predicted molar refractivity (Wildman–Crippen MR) is 120 cm³/mol. The first-order chi connectivity index (χ1) is 14.7. The molecule has 0 bridgehead atoms. The Kier molecular flexibility index (Phi) is 6.33. The highest BCUT2D eigenvalue weighted by atomic mass is 32.1. The number of amides is 1. The van der Waals surface area contributed by atoms with Gasteiger partial charge >= 0.3 is 0 Å². The summed E-state index contributed by atoms with van der Waals surface area (Å²) < 4.78 is 11.3. The number of carbonyl (C=O) groups is 1. The average Bonchev–Trinajstić information content (AvgIpc) is 3.19. The normalized spacial score (nSPS) is 12.9. The van der Waals surface area contributed by atoms with E-state index in [9.17, 15) is 4.79 Å². The van der Waals surface area contributed by atoms with Crippen LogP contribution in [0.3, 0.4) is 0 Å². The first-order valence-electron chi connectivity index (χ1n) is 10.4. The molecule has 156 valence electrons. The molecule has 0 radical (unpaired) electrons. The Labute approximate surface area is 181 Å². The van der Waals surface area contributed by atoms with Gasteiger partial charge in [0.2, 0.25) is 5.91 Å². The minimum absolute atomic E-state index is 0.0576. The quantitative estimate of drug-likeness (QED) is 0.516. The lowest BCUT2D eigenvalue weighted by Gasteiger charge is -2.22. The lowest BCUT2D eigenvalue weighted by atomic mass is 10.0. The molecule has 0 unspecified atom stereocenters. The minimum Gasteiger partial charge on any atom is -0.495 e. The molecule has 2 aromatic carbocycles. The number of ether oxygens (including phenoxy) is 2. The number of methoxy groups -OCH3 is 1. The fourth-order valence-electron chi connectivity index (χ4n) is 3.78. The second-order valence-corrected chi connectivity index (χ2v) is 8.25. The number of fused-ring (bicyclic) bond motifs is 1. The van der Waals surface area contributed by atoms with E-state index in [1.165, 1.54) is 11.3 Å². The first kappa shape index (κ1) is 20.4. The van der Waals surface area contributed by atoms with Crippen molar-refractivity contribution >= 4 is 28.1 Å². The van der Waals surface area contributed by atoms with Gasteiger partial charge in [-0.1, -0.05) is 30.3 Å². The summed E-state index contributed by atoms with van der Waals surface area (Å²) >= 11 is 1.62. The van der Waals surface area contributed by atoms with E-state index in [2.05, 4.69) is 0 Å². The van der Waals surface area contributed by atoms with Crippen LogP contribution in [0.4, 0.5) is 10.8 Å². The lowest BCUT2D eigenvalue weighted by Crippen LogP contribution is -2.28. The smallest absolute Gasteiger partial charge is 0.238 e. The molecule has 0 fully saturated rings. The Morgan fingerprint density at radius 2 is 1.80 bits per heavy atom. The van der Waals surface area contributed by atoms with Crippen molar-refractivity contribution in [1.82, 2.24) is 4.98 Å². The van der Waals surface area contributed by atoms with E-state index in [0.29, 0.717) is 23.2 Å². The summed E-state index contributed by atoms with van der Waals surface area (Å²) in [6.45, 7) is 2.50. The maximum Gasteiger partial charge on any atom is 0.238 e. The monoisotopic (exact) mass is 422 g/mol. The number of carbonyl (C=O) groups excluding carboxylic acids is 1. The molecule has 0 spiro atoms. The average molecular weight is 423 g/mol. The molecule has 1 aliphatic rings. The zero-order chi connectivity index (χ0) is 20.9. The van der Waals surface area contributed by atoms with Crippen molar-refractivity contribution in [3.63, 3.8) is 0 Å². The first-order valence-corrected chi connectivity index (χ1v) is 11.2. The predicted octanol–water partition coefficient (Wildman–Crippen LogP) is 5.34. The van der Waals surface area contributed by atoms with E-state index in [4.69, 9.17) is 14.5 Å². The van der Waals surface area contributed by atoms with E-state index in [0.717, 1.165) is 36.3 Å². The number of benzene rings is 2. The van der Waals surface area contributed by atoms with Crippen LogP contribution in [0.2, 0.25) is 0 Å².